The van der Waals surface area contributed by atoms with Gasteiger partial charge in [-0.25, -0.2) is 0 Å². The van der Waals surface area contributed by atoms with Gasteiger partial charge in [-0.3, -0.25) is 24.4 Å². The number of aryl methyl sites for hydroxylation is 1. The fourth-order valence-electron chi connectivity index (χ4n) is 4.37. The number of carbonyl (C=O) groups is 3. The van der Waals surface area contributed by atoms with E-state index >= 15 is 0 Å². The molecule has 164 valence electrons. The van der Waals surface area contributed by atoms with Gasteiger partial charge >= 0.3 is 0 Å². The fraction of sp³-hybridized carbons (Fsp3) is 0.478. The van der Waals surface area contributed by atoms with E-state index in [0.29, 0.717) is 32.2 Å². The van der Waals surface area contributed by atoms with Gasteiger partial charge in [0.2, 0.25) is 17.7 Å². The molecule has 0 spiro atoms. The minimum absolute atomic E-state index is 0.113. The number of benzene rings is 1. The van der Waals surface area contributed by atoms with E-state index in [4.69, 9.17) is 0 Å². The van der Waals surface area contributed by atoms with Crippen molar-refractivity contribution in [3.8, 4) is 0 Å². The molecule has 0 fully saturated rings. The van der Waals surface area contributed by atoms with Gasteiger partial charge in [0, 0.05) is 19.0 Å². The Bertz CT molecular complexity index is 972. The first-order valence-electron chi connectivity index (χ1n) is 11.0. The molecule has 0 saturated heterocycles. The van der Waals surface area contributed by atoms with Gasteiger partial charge in [-0.1, -0.05) is 38.5 Å². The molecule has 3 heterocycles. The highest BCUT2D eigenvalue weighted by Gasteiger charge is 2.43. The Balaban J connectivity index is 1.55. The molecular formula is C23H29N5O3. The molecule has 0 aliphatic carbocycles. The summed E-state index contributed by atoms with van der Waals surface area (Å²) in [4.78, 5) is 40.7. The molecule has 8 nitrogen and oxygen atoms in total. The molecule has 31 heavy (non-hydrogen) atoms. The highest BCUT2D eigenvalue weighted by molar-refractivity contribution is 6.07. The lowest BCUT2D eigenvalue weighted by Gasteiger charge is -2.28. The first-order valence-corrected chi connectivity index (χ1v) is 11.0. The summed E-state index contributed by atoms with van der Waals surface area (Å²) >= 11 is 0. The first kappa shape index (κ1) is 21.1. The Morgan fingerprint density at radius 3 is 2.84 bits per heavy atom. The van der Waals surface area contributed by atoms with Gasteiger partial charge in [0.25, 0.3) is 0 Å². The van der Waals surface area contributed by atoms with E-state index in [1.807, 2.05) is 32.0 Å². The maximum atomic E-state index is 13.5. The molecule has 1 aromatic heterocycles. The van der Waals surface area contributed by atoms with Crippen molar-refractivity contribution in [3.63, 3.8) is 0 Å². The normalized spacial score (nSPS) is 20.7. The maximum absolute atomic E-state index is 13.5. The quantitative estimate of drug-likeness (QED) is 0.632. The van der Waals surface area contributed by atoms with Gasteiger partial charge in [0.05, 0.1) is 17.9 Å². The molecule has 8 heteroatoms. The number of anilines is 1. The molecular weight excluding hydrogens is 394 g/mol. The van der Waals surface area contributed by atoms with Gasteiger partial charge in [-0.15, -0.1) is 0 Å². The predicted octanol–water partition coefficient (Wildman–Crippen LogP) is 1.85. The number of hydrogen-bond donors (Lipinski definition) is 3. The molecule has 0 bridgehead atoms. The Morgan fingerprint density at radius 1 is 1.29 bits per heavy atom. The topological polar surface area (TPSA) is 107 Å². The average Bonchev–Trinajstić information content (AvgIpc) is 3.39. The lowest BCUT2D eigenvalue weighted by atomic mass is 10.0. The second-order valence-corrected chi connectivity index (χ2v) is 8.53. The van der Waals surface area contributed by atoms with Gasteiger partial charge in [-0.05, 0) is 36.0 Å². The Morgan fingerprint density at radius 2 is 2.10 bits per heavy atom. The number of nitrogens with zero attached hydrogens (tertiary/aromatic N) is 2. The lowest BCUT2D eigenvalue weighted by molar-refractivity contribution is -0.129. The molecule has 0 saturated carbocycles. The number of para-hydroxylation sites is 1. The van der Waals surface area contributed by atoms with E-state index in [0.717, 1.165) is 28.9 Å². The maximum Gasteiger partial charge on any atom is 0.250 e. The van der Waals surface area contributed by atoms with Crippen LogP contribution < -0.4 is 15.5 Å². The van der Waals surface area contributed by atoms with Crippen LogP contribution in [0.3, 0.4) is 0 Å². The summed E-state index contributed by atoms with van der Waals surface area (Å²) in [6, 6.07) is 6.50. The molecule has 2 aromatic rings. The number of rotatable bonds is 7. The first-order chi connectivity index (χ1) is 15.0. The lowest BCUT2D eigenvalue weighted by Crippen LogP contribution is -2.54. The van der Waals surface area contributed by atoms with Gasteiger partial charge in [0.15, 0.2) is 0 Å². The van der Waals surface area contributed by atoms with Crippen LogP contribution in [0.15, 0.2) is 30.5 Å². The summed E-state index contributed by atoms with van der Waals surface area (Å²) in [5.74, 6) is -0.268. The molecule has 3 amide bonds. The standard InChI is InChI=1S/C23H29N5O3/c1-3-14(2)11-20(29)26-18-8-7-15-5-4-6-16-12-19(28(21(15)16)23(18)31)22(30)24-13-17-9-10-25-27-17/h4-6,9-10,14,18-19H,3,7-8,11-13H2,1-2H3,(H,24,30)(H,25,27)(H,26,29)/t14-,18-,19-/m0/s1. The van der Waals surface area contributed by atoms with E-state index in [1.165, 1.54) is 0 Å². The number of aromatic nitrogens is 2. The van der Waals surface area contributed by atoms with Gasteiger partial charge < -0.3 is 10.6 Å². The van der Waals surface area contributed by atoms with Crippen LogP contribution in [0, 0.1) is 5.92 Å². The van der Waals surface area contributed by atoms with Crippen LogP contribution in [0.5, 0.6) is 0 Å². The largest absolute Gasteiger partial charge is 0.349 e. The molecule has 2 aliphatic heterocycles. The second-order valence-electron chi connectivity index (χ2n) is 8.53. The van der Waals surface area contributed by atoms with Crippen LogP contribution in [-0.2, 0) is 33.8 Å². The number of carbonyl (C=O) groups excluding carboxylic acids is 3. The van der Waals surface area contributed by atoms with E-state index in [1.54, 1.807) is 17.2 Å². The van der Waals surface area contributed by atoms with Crippen molar-refractivity contribution in [2.45, 2.75) is 64.6 Å². The minimum Gasteiger partial charge on any atom is -0.349 e. The Kier molecular flexibility index (Phi) is 6.06. The predicted molar refractivity (Wildman–Crippen MR) is 116 cm³/mol. The van der Waals surface area contributed by atoms with Crippen LogP contribution in [0.4, 0.5) is 5.69 Å². The summed E-state index contributed by atoms with van der Waals surface area (Å²) in [7, 11) is 0. The van der Waals surface area contributed by atoms with Crippen molar-refractivity contribution in [3.05, 3.63) is 47.3 Å². The number of amides is 3. The molecule has 0 radical (unpaired) electrons. The monoisotopic (exact) mass is 423 g/mol. The second kappa shape index (κ2) is 8.91. The van der Waals surface area contributed by atoms with Crippen LogP contribution in [0.2, 0.25) is 0 Å². The summed E-state index contributed by atoms with van der Waals surface area (Å²) in [5.41, 5.74) is 3.68. The van der Waals surface area contributed by atoms with Crippen LogP contribution in [0.1, 0.15) is 49.9 Å². The van der Waals surface area contributed by atoms with Crippen molar-refractivity contribution in [2.75, 3.05) is 4.90 Å². The van der Waals surface area contributed by atoms with E-state index in [9.17, 15) is 14.4 Å². The molecule has 1 aromatic carbocycles. The Labute approximate surface area is 181 Å². The van der Waals surface area contributed by atoms with Crippen molar-refractivity contribution in [1.82, 2.24) is 20.8 Å². The van der Waals surface area contributed by atoms with E-state index in [2.05, 4.69) is 20.8 Å². The van der Waals surface area contributed by atoms with Crippen molar-refractivity contribution in [1.29, 1.82) is 0 Å². The van der Waals surface area contributed by atoms with E-state index in [-0.39, 0.29) is 23.6 Å². The Hall–Kier alpha value is -3.16. The zero-order valence-corrected chi connectivity index (χ0v) is 18.0. The van der Waals surface area contributed by atoms with Crippen LogP contribution >= 0.6 is 0 Å². The average molecular weight is 424 g/mol. The van der Waals surface area contributed by atoms with Crippen LogP contribution in [-0.4, -0.2) is 40.0 Å². The van der Waals surface area contributed by atoms with Crippen LogP contribution in [0.25, 0.3) is 0 Å². The number of aromatic amines is 1. The molecule has 4 rings (SSSR count). The summed E-state index contributed by atoms with van der Waals surface area (Å²) < 4.78 is 0. The molecule has 3 atom stereocenters. The summed E-state index contributed by atoms with van der Waals surface area (Å²) in [6.45, 7) is 4.39. The van der Waals surface area contributed by atoms with Crippen molar-refractivity contribution in [2.24, 2.45) is 5.92 Å². The highest BCUT2D eigenvalue weighted by atomic mass is 16.2. The summed E-state index contributed by atoms with van der Waals surface area (Å²) in [5, 5.41) is 12.6. The minimum atomic E-state index is -0.627. The number of H-pyrrole nitrogens is 1. The zero-order chi connectivity index (χ0) is 22.0. The van der Waals surface area contributed by atoms with E-state index < -0.39 is 12.1 Å². The number of nitrogens with one attached hydrogen (secondary N) is 3. The number of hydrogen-bond acceptors (Lipinski definition) is 4. The van der Waals surface area contributed by atoms with Gasteiger partial charge in [-0.2, -0.15) is 5.10 Å². The summed E-state index contributed by atoms with van der Waals surface area (Å²) in [6.07, 6.45) is 4.61. The third kappa shape index (κ3) is 4.33. The SMILES string of the molecule is CC[C@H](C)CC(=O)N[C@H]1CCc2cccc3c2N(C1=O)[C@H](C(=O)NCc1ccn[nH]1)C3. The van der Waals surface area contributed by atoms with Crippen molar-refractivity contribution >= 4 is 23.4 Å². The molecule has 3 N–H and O–H groups in total. The zero-order valence-electron chi connectivity index (χ0n) is 18.0. The van der Waals surface area contributed by atoms with Crippen molar-refractivity contribution < 1.29 is 14.4 Å². The third-order valence-corrected chi connectivity index (χ3v) is 6.29. The highest BCUT2D eigenvalue weighted by Crippen LogP contribution is 2.39. The molecule has 0 unspecified atom stereocenters. The smallest absolute Gasteiger partial charge is 0.250 e. The molecule has 2 aliphatic rings. The third-order valence-electron chi connectivity index (χ3n) is 6.29. The van der Waals surface area contributed by atoms with Gasteiger partial charge in [0.1, 0.15) is 12.1 Å². The fourth-order valence-corrected chi connectivity index (χ4v) is 4.37.